The summed E-state index contributed by atoms with van der Waals surface area (Å²) < 4.78 is 0. The van der Waals surface area contributed by atoms with Crippen molar-refractivity contribution in [2.24, 2.45) is 0 Å². The van der Waals surface area contributed by atoms with Crippen molar-refractivity contribution in [2.45, 2.75) is 13.8 Å². The van der Waals surface area contributed by atoms with Crippen molar-refractivity contribution in [1.82, 2.24) is 4.98 Å². The lowest BCUT2D eigenvalue weighted by Crippen LogP contribution is -2.07. The second kappa shape index (κ2) is 7.55. The van der Waals surface area contributed by atoms with Crippen molar-refractivity contribution >= 4 is 45.6 Å². The highest BCUT2D eigenvalue weighted by molar-refractivity contribution is 7.18. The van der Waals surface area contributed by atoms with Crippen LogP contribution < -0.4 is 5.32 Å². The van der Waals surface area contributed by atoms with Gasteiger partial charge in [0.05, 0.1) is 10.6 Å². The van der Waals surface area contributed by atoms with E-state index < -0.39 is 0 Å². The maximum atomic E-state index is 12.1. The van der Waals surface area contributed by atoms with Gasteiger partial charge in [-0.05, 0) is 30.0 Å². The molecule has 4 nitrogen and oxygen atoms in total. The van der Waals surface area contributed by atoms with Gasteiger partial charge in [0.25, 0.3) is 0 Å². The number of rotatable bonds is 5. The molecule has 3 rings (SSSR count). The molecule has 1 aromatic carbocycles. The summed E-state index contributed by atoms with van der Waals surface area (Å²) in [5.74, 6) is -0.335. The van der Waals surface area contributed by atoms with Crippen LogP contribution in [0.25, 0.3) is 17.3 Å². The lowest BCUT2D eigenvalue weighted by Gasteiger charge is -1.98. The van der Waals surface area contributed by atoms with Crippen LogP contribution in [-0.4, -0.2) is 16.7 Å². The van der Waals surface area contributed by atoms with E-state index in [1.165, 1.54) is 24.3 Å². The Morgan fingerprint density at radius 2 is 1.92 bits per heavy atom. The van der Waals surface area contributed by atoms with Gasteiger partial charge in [0.2, 0.25) is 5.91 Å². The number of nitrogens with one attached hydrogen (secondary N) is 1. The third kappa shape index (κ3) is 4.10. The normalized spacial score (nSPS) is 11.0. The zero-order chi connectivity index (χ0) is 17.8. The van der Waals surface area contributed by atoms with Crippen molar-refractivity contribution in [3.63, 3.8) is 0 Å². The van der Waals surface area contributed by atoms with E-state index in [1.807, 2.05) is 48.7 Å². The maximum Gasteiger partial charge on any atom is 0.250 e. The molecular weight excluding hydrogens is 352 g/mol. The minimum atomic E-state index is -0.267. The fraction of sp³-hybridized carbons (Fsp3) is 0.105. The number of aromatic nitrogens is 1. The van der Waals surface area contributed by atoms with Gasteiger partial charge in [-0.1, -0.05) is 41.7 Å². The second-order valence-corrected chi connectivity index (χ2v) is 7.36. The molecule has 0 spiro atoms. The van der Waals surface area contributed by atoms with Crippen LogP contribution >= 0.6 is 22.7 Å². The molecule has 0 unspecified atom stereocenters. The molecule has 25 heavy (non-hydrogen) atoms. The lowest BCUT2D eigenvalue weighted by atomic mass is 10.1. The highest BCUT2D eigenvalue weighted by atomic mass is 32.1. The van der Waals surface area contributed by atoms with Crippen molar-refractivity contribution in [3.05, 3.63) is 63.2 Å². The molecule has 1 amide bonds. The molecule has 0 saturated carbocycles. The van der Waals surface area contributed by atoms with Gasteiger partial charge in [0, 0.05) is 23.4 Å². The number of thiazole rings is 1. The Balaban J connectivity index is 1.81. The summed E-state index contributed by atoms with van der Waals surface area (Å²) in [6, 6.07) is 11.5. The van der Waals surface area contributed by atoms with Crippen molar-refractivity contribution in [1.29, 1.82) is 0 Å². The summed E-state index contributed by atoms with van der Waals surface area (Å²) >= 11 is 2.77. The number of hydrogen-bond donors (Lipinski definition) is 1. The van der Waals surface area contributed by atoms with Crippen molar-refractivity contribution in [2.75, 3.05) is 5.32 Å². The van der Waals surface area contributed by atoms with Crippen LogP contribution in [0.2, 0.25) is 0 Å². The van der Waals surface area contributed by atoms with E-state index in [0.29, 0.717) is 15.7 Å². The van der Waals surface area contributed by atoms with E-state index in [2.05, 4.69) is 10.3 Å². The van der Waals surface area contributed by atoms with Crippen molar-refractivity contribution in [3.8, 4) is 11.3 Å². The van der Waals surface area contributed by atoms with Crippen LogP contribution in [-0.2, 0) is 4.79 Å². The molecule has 0 saturated heterocycles. The van der Waals surface area contributed by atoms with Crippen LogP contribution in [0.4, 0.5) is 5.13 Å². The standard InChI is InChI=1S/C19H16N2O2S2/c1-12-10-11-24-15(12)8-9-16(23)20-19-21-17(18(25-19)13(2)22)14-6-4-3-5-7-14/h3-11H,1-2H3,(H,20,21,23). The second-order valence-electron chi connectivity index (χ2n) is 5.41. The summed E-state index contributed by atoms with van der Waals surface area (Å²) in [5.41, 5.74) is 2.59. The molecule has 1 N–H and O–H groups in total. The van der Waals surface area contributed by atoms with E-state index in [4.69, 9.17) is 0 Å². The van der Waals surface area contributed by atoms with Gasteiger partial charge < -0.3 is 0 Å². The zero-order valence-corrected chi connectivity index (χ0v) is 15.4. The van der Waals surface area contributed by atoms with Crippen LogP contribution in [0.3, 0.4) is 0 Å². The fourth-order valence-corrected chi connectivity index (χ4v) is 3.96. The minimum Gasteiger partial charge on any atom is -0.298 e. The number of thiophene rings is 1. The third-order valence-corrected chi connectivity index (χ3v) is 5.57. The Kier molecular flexibility index (Phi) is 5.21. The molecule has 3 aromatic rings. The number of amides is 1. The van der Waals surface area contributed by atoms with Gasteiger partial charge >= 0.3 is 0 Å². The predicted octanol–water partition coefficient (Wildman–Crippen LogP) is 5.03. The Morgan fingerprint density at radius 1 is 1.16 bits per heavy atom. The number of hydrogen-bond acceptors (Lipinski definition) is 5. The van der Waals surface area contributed by atoms with Crippen LogP contribution in [0, 0.1) is 6.92 Å². The molecular formula is C19H16N2O2S2. The smallest absolute Gasteiger partial charge is 0.250 e. The number of ketones is 1. The number of aryl methyl sites for hydroxylation is 1. The predicted molar refractivity (Wildman–Crippen MR) is 104 cm³/mol. The largest absolute Gasteiger partial charge is 0.298 e. The molecule has 126 valence electrons. The van der Waals surface area contributed by atoms with E-state index in [1.54, 1.807) is 17.4 Å². The molecule has 0 bridgehead atoms. The molecule has 0 fully saturated rings. The van der Waals surface area contributed by atoms with E-state index in [-0.39, 0.29) is 11.7 Å². The lowest BCUT2D eigenvalue weighted by molar-refractivity contribution is -0.111. The number of carbonyl (C=O) groups is 2. The maximum absolute atomic E-state index is 12.1. The number of benzene rings is 1. The van der Waals surface area contributed by atoms with Crippen LogP contribution in [0.15, 0.2) is 47.9 Å². The number of anilines is 1. The van der Waals surface area contributed by atoms with E-state index in [9.17, 15) is 9.59 Å². The molecule has 0 aliphatic carbocycles. The summed E-state index contributed by atoms with van der Waals surface area (Å²) in [6.45, 7) is 3.51. The molecule has 0 atom stereocenters. The monoisotopic (exact) mass is 368 g/mol. The quantitative estimate of drug-likeness (QED) is 0.507. The number of Topliss-reactive ketones (excluding diaryl/α,β-unsaturated/α-hetero) is 1. The highest BCUT2D eigenvalue weighted by Crippen LogP contribution is 2.31. The van der Waals surface area contributed by atoms with Gasteiger partial charge in [-0.15, -0.1) is 11.3 Å². The Morgan fingerprint density at radius 3 is 2.56 bits per heavy atom. The van der Waals surface area contributed by atoms with Gasteiger partial charge in [-0.3, -0.25) is 14.9 Å². The van der Waals surface area contributed by atoms with Gasteiger partial charge in [-0.2, -0.15) is 0 Å². The molecule has 0 aliphatic rings. The van der Waals surface area contributed by atoms with Crippen molar-refractivity contribution < 1.29 is 9.59 Å². The van der Waals surface area contributed by atoms with Gasteiger partial charge in [0.15, 0.2) is 10.9 Å². The van der Waals surface area contributed by atoms with Crippen LogP contribution in [0.1, 0.15) is 27.0 Å². The first-order valence-electron chi connectivity index (χ1n) is 7.65. The SMILES string of the molecule is CC(=O)c1sc(NC(=O)C=Cc2sccc2C)nc1-c1ccccc1. The average Bonchev–Trinajstić information content (AvgIpc) is 3.20. The summed E-state index contributed by atoms with van der Waals surface area (Å²) in [7, 11) is 0. The van der Waals surface area contributed by atoms with Crippen LogP contribution in [0.5, 0.6) is 0 Å². The topological polar surface area (TPSA) is 59.1 Å². The van der Waals surface area contributed by atoms with E-state index >= 15 is 0 Å². The molecule has 0 aliphatic heterocycles. The first kappa shape index (κ1) is 17.3. The molecule has 2 heterocycles. The first-order chi connectivity index (χ1) is 12.0. The zero-order valence-electron chi connectivity index (χ0n) is 13.8. The summed E-state index contributed by atoms with van der Waals surface area (Å²) in [6.07, 6.45) is 3.27. The fourth-order valence-electron chi connectivity index (χ4n) is 2.26. The Hall–Kier alpha value is -2.57. The first-order valence-corrected chi connectivity index (χ1v) is 9.34. The summed E-state index contributed by atoms with van der Waals surface area (Å²) in [5, 5.41) is 5.15. The Labute approximate surface area is 153 Å². The van der Waals surface area contributed by atoms with Gasteiger partial charge in [-0.25, -0.2) is 4.98 Å². The number of carbonyl (C=O) groups excluding carboxylic acids is 2. The highest BCUT2D eigenvalue weighted by Gasteiger charge is 2.17. The average molecular weight is 368 g/mol. The van der Waals surface area contributed by atoms with Gasteiger partial charge in [0.1, 0.15) is 0 Å². The summed E-state index contributed by atoms with van der Waals surface area (Å²) in [4.78, 5) is 30.1. The third-order valence-electron chi connectivity index (χ3n) is 3.51. The molecule has 2 aromatic heterocycles. The molecule has 0 radical (unpaired) electrons. The van der Waals surface area contributed by atoms with E-state index in [0.717, 1.165) is 16.0 Å². The number of nitrogens with zero attached hydrogens (tertiary/aromatic N) is 1. The minimum absolute atomic E-state index is 0.0680. The Bertz CT molecular complexity index is 940. The molecule has 6 heteroatoms.